The van der Waals surface area contributed by atoms with Gasteiger partial charge in [-0.15, -0.1) is 0 Å². The second kappa shape index (κ2) is 8.26. The Bertz CT molecular complexity index is 204. The number of hydrogen-bond donors (Lipinski definition) is 2. The van der Waals surface area contributed by atoms with Gasteiger partial charge in [-0.3, -0.25) is 9.59 Å². The number of carboxylic acids is 1. The van der Waals surface area contributed by atoms with Crippen molar-refractivity contribution in [2.45, 2.75) is 46.0 Å². The van der Waals surface area contributed by atoms with Gasteiger partial charge in [0, 0.05) is 13.0 Å². The molecule has 0 bridgehead atoms. The van der Waals surface area contributed by atoms with E-state index in [1.165, 1.54) is 0 Å². The van der Waals surface area contributed by atoms with Crippen LogP contribution in [0.5, 0.6) is 0 Å². The molecule has 0 aliphatic rings. The zero-order valence-electron chi connectivity index (χ0n) is 9.58. The summed E-state index contributed by atoms with van der Waals surface area (Å²) in [7, 11) is 0. The van der Waals surface area contributed by atoms with E-state index in [1.807, 2.05) is 6.92 Å². The Morgan fingerprint density at radius 1 is 1.27 bits per heavy atom. The predicted octanol–water partition coefficient (Wildman–Crippen LogP) is 1.79. The maximum absolute atomic E-state index is 11.3. The molecule has 4 nitrogen and oxygen atoms in total. The van der Waals surface area contributed by atoms with Crippen LogP contribution in [0.1, 0.15) is 46.0 Å². The number of nitrogens with one attached hydrogen (secondary N) is 1. The molecule has 0 saturated carbocycles. The van der Waals surface area contributed by atoms with Crippen LogP contribution in [0.25, 0.3) is 0 Å². The molecule has 0 aromatic heterocycles. The maximum atomic E-state index is 11.3. The summed E-state index contributed by atoms with van der Waals surface area (Å²) in [6.45, 7) is 4.13. The average Bonchev–Trinajstić information content (AvgIpc) is 2.18. The molecule has 0 radical (unpaired) electrons. The summed E-state index contributed by atoms with van der Waals surface area (Å²) in [6, 6.07) is 0. The molecule has 0 saturated heterocycles. The summed E-state index contributed by atoms with van der Waals surface area (Å²) in [4.78, 5) is 21.9. The van der Waals surface area contributed by atoms with Gasteiger partial charge in [0.1, 0.15) is 0 Å². The first-order chi connectivity index (χ1) is 7.11. The smallest absolute Gasteiger partial charge is 0.308 e. The number of carbonyl (C=O) groups is 2. The van der Waals surface area contributed by atoms with Gasteiger partial charge in [0.15, 0.2) is 0 Å². The molecule has 0 heterocycles. The highest BCUT2D eigenvalue weighted by atomic mass is 16.4. The zero-order chi connectivity index (χ0) is 11.7. The fourth-order valence-corrected chi connectivity index (χ4v) is 1.27. The second-order valence-electron chi connectivity index (χ2n) is 3.70. The highest BCUT2D eigenvalue weighted by molar-refractivity contribution is 5.77. The molecule has 2 N–H and O–H groups in total. The molecular formula is C11H21NO3. The molecule has 4 heteroatoms. The van der Waals surface area contributed by atoms with Crippen LogP contribution in [0.4, 0.5) is 0 Å². The molecule has 15 heavy (non-hydrogen) atoms. The Balaban J connectivity index is 3.64. The standard InChI is InChI=1S/C11H21NO3/c1-3-5-6-7-10(13)12-8-9(4-2)11(14)15/h9H,3-8H2,1-2H3,(H,12,13)(H,14,15). The van der Waals surface area contributed by atoms with Crippen LogP contribution in [0.2, 0.25) is 0 Å². The summed E-state index contributed by atoms with van der Waals surface area (Å²) >= 11 is 0. The second-order valence-corrected chi connectivity index (χ2v) is 3.70. The monoisotopic (exact) mass is 215 g/mol. The third kappa shape index (κ3) is 6.94. The van der Waals surface area contributed by atoms with E-state index in [-0.39, 0.29) is 12.5 Å². The lowest BCUT2D eigenvalue weighted by Crippen LogP contribution is -2.32. The number of hydrogen-bond acceptors (Lipinski definition) is 2. The van der Waals surface area contributed by atoms with Gasteiger partial charge in [0.2, 0.25) is 5.91 Å². The van der Waals surface area contributed by atoms with E-state index in [1.54, 1.807) is 0 Å². The van der Waals surface area contributed by atoms with Gasteiger partial charge in [-0.05, 0) is 12.8 Å². The van der Waals surface area contributed by atoms with Gasteiger partial charge < -0.3 is 10.4 Å². The average molecular weight is 215 g/mol. The molecule has 0 aromatic carbocycles. The lowest BCUT2D eigenvalue weighted by Gasteiger charge is -2.10. The van der Waals surface area contributed by atoms with Gasteiger partial charge in [-0.25, -0.2) is 0 Å². The number of carboxylic acid groups (broad SMARTS) is 1. The predicted molar refractivity (Wildman–Crippen MR) is 58.6 cm³/mol. The Kier molecular flexibility index (Phi) is 7.68. The van der Waals surface area contributed by atoms with Gasteiger partial charge in [0.25, 0.3) is 0 Å². The summed E-state index contributed by atoms with van der Waals surface area (Å²) in [5.41, 5.74) is 0. The van der Waals surface area contributed by atoms with Crippen LogP contribution >= 0.6 is 0 Å². The Hall–Kier alpha value is -1.06. The van der Waals surface area contributed by atoms with Crippen molar-refractivity contribution in [3.8, 4) is 0 Å². The molecule has 0 fully saturated rings. The fraction of sp³-hybridized carbons (Fsp3) is 0.818. The molecule has 0 rings (SSSR count). The number of carbonyl (C=O) groups excluding carboxylic acids is 1. The number of amides is 1. The van der Waals surface area contributed by atoms with Crippen molar-refractivity contribution in [1.82, 2.24) is 5.32 Å². The molecule has 1 amide bonds. The van der Waals surface area contributed by atoms with Crippen LogP contribution in [-0.2, 0) is 9.59 Å². The highest BCUT2D eigenvalue weighted by Gasteiger charge is 2.15. The number of rotatable bonds is 8. The summed E-state index contributed by atoms with van der Waals surface area (Å²) in [5, 5.41) is 11.4. The summed E-state index contributed by atoms with van der Waals surface area (Å²) < 4.78 is 0. The van der Waals surface area contributed by atoms with Crippen molar-refractivity contribution >= 4 is 11.9 Å². The van der Waals surface area contributed by atoms with Crippen LogP contribution in [0.15, 0.2) is 0 Å². The van der Waals surface area contributed by atoms with Crippen molar-refractivity contribution in [3.05, 3.63) is 0 Å². The SMILES string of the molecule is CCCCCC(=O)NCC(CC)C(=O)O. The Morgan fingerprint density at radius 3 is 2.40 bits per heavy atom. The van der Waals surface area contributed by atoms with Crippen LogP contribution in [0, 0.1) is 5.92 Å². The van der Waals surface area contributed by atoms with Crippen molar-refractivity contribution in [2.75, 3.05) is 6.54 Å². The zero-order valence-corrected chi connectivity index (χ0v) is 9.58. The molecule has 88 valence electrons. The number of aliphatic carboxylic acids is 1. The van der Waals surface area contributed by atoms with Gasteiger partial charge >= 0.3 is 5.97 Å². The molecule has 0 aliphatic heterocycles. The van der Waals surface area contributed by atoms with E-state index < -0.39 is 11.9 Å². The summed E-state index contributed by atoms with van der Waals surface area (Å²) in [5.74, 6) is -1.34. The van der Waals surface area contributed by atoms with Crippen LogP contribution in [-0.4, -0.2) is 23.5 Å². The first-order valence-electron chi connectivity index (χ1n) is 5.61. The van der Waals surface area contributed by atoms with E-state index in [0.717, 1.165) is 19.3 Å². The molecular weight excluding hydrogens is 194 g/mol. The summed E-state index contributed by atoms with van der Waals surface area (Å²) in [6.07, 6.45) is 4.06. The molecule has 1 atom stereocenters. The van der Waals surface area contributed by atoms with Gasteiger partial charge in [-0.2, -0.15) is 0 Å². The van der Waals surface area contributed by atoms with Crippen molar-refractivity contribution in [3.63, 3.8) is 0 Å². The third-order valence-electron chi connectivity index (χ3n) is 2.40. The van der Waals surface area contributed by atoms with E-state index in [4.69, 9.17) is 5.11 Å². The van der Waals surface area contributed by atoms with Crippen LogP contribution in [0.3, 0.4) is 0 Å². The van der Waals surface area contributed by atoms with Crippen LogP contribution < -0.4 is 5.32 Å². The minimum Gasteiger partial charge on any atom is -0.481 e. The van der Waals surface area contributed by atoms with Crippen molar-refractivity contribution < 1.29 is 14.7 Å². The van der Waals surface area contributed by atoms with E-state index in [2.05, 4.69) is 12.2 Å². The lowest BCUT2D eigenvalue weighted by atomic mass is 10.1. The van der Waals surface area contributed by atoms with Crippen molar-refractivity contribution in [2.24, 2.45) is 5.92 Å². The van der Waals surface area contributed by atoms with E-state index in [9.17, 15) is 9.59 Å². The normalized spacial score (nSPS) is 12.1. The van der Waals surface area contributed by atoms with Gasteiger partial charge in [-0.1, -0.05) is 26.7 Å². The number of unbranched alkanes of at least 4 members (excludes halogenated alkanes) is 2. The van der Waals surface area contributed by atoms with Crippen molar-refractivity contribution in [1.29, 1.82) is 0 Å². The minimum absolute atomic E-state index is 0.0387. The molecule has 0 aliphatic carbocycles. The quantitative estimate of drug-likeness (QED) is 0.607. The molecule has 1 unspecified atom stereocenters. The minimum atomic E-state index is -0.841. The Labute approximate surface area is 91.1 Å². The molecule has 0 aromatic rings. The largest absolute Gasteiger partial charge is 0.481 e. The highest BCUT2D eigenvalue weighted by Crippen LogP contribution is 2.02. The molecule has 0 spiro atoms. The van der Waals surface area contributed by atoms with E-state index in [0.29, 0.717) is 12.8 Å². The maximum Gasteiger partial charge on any atom is 0.308 e. The van der Waals surface area contributed by atoms with Gasteiger partial charge in [0.05, 0.1) is 5.92 Å². The van der Waals surface area contributed by atoms with E-state index >= 15 is 0 Å². The fourth-order valence-electron chi connectivity index (χ4n) is 1.27. The topological polar surface area (TPSA) is 66.4 Å². The first kappa shape index (κ1) is 13.9. The Morgan fingerprint density at radius 2 is 1.93 bits per heavy atom. The first-order valence-corrected chi connectivity index (χ1v) is 5.61. The lowest BCUT2D eigenvalue weighted by molar-refractivity contribution is -0.141. The third-order valence-corrected chi connectivity index (χ3v) is 2.40.